The number of nitrogens with one attached hydrogen (secondary N) is 2. The van der Waals surface area contributed by atoms with Crippen molar-refractivity contribution in [3.05, 3.63) is 18.2 Å². The van der Waals surface area contributed by atoms with Crippen molar-refractivity contribution in [1.29, 1.82) is 0 Å². The number of ether oxygens (including phenoxy) is 1. The third-order valence-corrected chi connectivity index (χ3v) is 4.62. The number of rotatable bonds is 2. The summed E-state index contributed by atoms with van der Waals surface area (Å²) in [4.78, 5) is 0. The highest BCUT2D eigenvalue weighted by atomic mass is 16.5. The van der Waals surface area contributed by atoms with Gasteiger partial charge in [0.2, 0.25) is 0 Å². The monoisotopic (exact) mass is 274 g/mol. The van der Waals surface area contributed by atoms with Gasteiger partial charge in [-0.15, -0.1) is 0 Å². The van der Waals surface area contributed by atoms with Crippen LogP contribution in [-0.2, 0) is 0 Å². The van der Waals surface area contributed by atoms with E-state index in [0.717, 1.165) is 23.9 Å². The summed E-state index contributed by atoms with van der Waals surface area (Å²) >= 11 is 0. The van der Waals surface area contributed by atoms with Crippen LogP contribution in [0.25, 0.3) is 0 Å². The molecule has 0 saturated heterocycles. The Bertz CT molecular complexity index is 476. The van der Waals surface area contributed by atoms with Crippen LogP contribution in [0.1, 0.15) is 46.5 Å². The van der Waals surface area contributed by atoms with E-state index < -0.39 is 0 Å². The van der Waals surface area contributed by atoms with Gasteiger partial charge in [0.1, 0.15) is 11.4 Å². The van der Waals surface area contributed by atoms with Crippen molar-refractivity contribution >= 4 is 11.4 Å². The van der Waals surface area contributed by atoms with Gasteiger partial charge < -0.3 is 15.4 Å². The highest BCUT2D eigenvalue weighted by Crippen LogP contribution is 2.43. The Balaban J connectivity index is 1.82. The fourth-order valence-electron chi connectivity index (χ4n) is 3.37. The normalized spacial score (nSPS) is 28.7. The SMILES string of the molecule is CC1CCC2(CC1)CNc1c(cccc1OC(C)C)N2. The zero-order chi connectivity index (χ0) is 14.2. The van der Waals surface area contributed by atoms with Crippen molar-refractivity contribution in [2.75, 3.05) is 17.2 Å². The Morgan fingerprint density at radius 1 is 1.25 bits per heavy atom. The molecule has 2 N–H and O–H groups in total. The standard InChI is InChI=1S/C17H26N2O/c1-12(2)20-15-6-4-5-14-16(15)18-11-17(19-14)9-7-13(3)8-10-17/h4-6,12-13,18-19H,7-11H2,1-3H3. The molecular weight excluding hydrogens is 248 g/mol. The van der Waals surface area contributed by atoms with Crippen LogP contribution in [0.2, 0.25) is 0 Å². The molecule has 110 valence electrons. The molecule has 1 fully saturated rings. The highest BCUT2D eigenvalue weighted by molar-refractivity contribution is 5.78. The predicted molar refractivity (Wildman–Crippen MR) is 84.7 cm³/mol. The second-order valence-electron chi connectivity index (χ2n) is 6.79. The van der Waals surface area contributed by atoms with Crippen molar-refractivity contribution in [2.24, 2.45) is 5.92 Å². The zero-order valence-electron chi connectivity index (χ0n) is 12.8. The zero-order valence-corrected chi connectivity index (χ0v) is 12.8. The number of hydrogen-bond acceptors (Lipinski definition) is 3. The number of benzene rings is 1. The lowest BCUT2D eigenvalue weighted by Gasteiger charge is -2.45. The molecule has 3 rings (SSSR count). The first-order chi connectivity index (χ1) is 9.58. The molecule has 1 saturated carbocycles. The molecule has 1 heterocycles. The van der Waals surface area contributed by atoms with E-state index >= 15 is 0 Å². The summed E-state index contributed by atoms with van der Waals surface area (Å²) in [7, 11) is 0. The summed E-state index contributed by atoms with van der Waals surface area (Å²) in [5.41, 5.74) is 2.57. The molecule has 0 aromatic heterocycles. The van der Waals surface area contributed by atoms with Gasteiger partial charge in [-0.25, -0.2) is 0 Å². The van der Waals surface area contributed by atoms with Gasteiger partial charge in [0.05, 0.1) is 17.3 Å². The summed E-state index contributed by atoms with van der Waals surface area (Å²) in [6.45, 7) is 7.51. The summed E-state index contributed by atoms with van der Waals surface area (Å²) in [5.74, 6) is 1.84. The first-order valence-corrected chi connectivity index (χ1v) is 7.90. The Kier molecular flexibility index (Phi) is 3.53. The molecule has 3 heteroatoms. The number of hydrogen-bond donors (Lipinski definition) is 2. The molecule has 0 unspecified atom stereocenters. The van der Waals surface area contributed by atoms with Crippen LogP contribution in [0, 0.1) is 5.92 Å². The number of fused-ring (bicyclic) bond motifs is 1. The van der Waals surface area contributed by atoms with Crippen molar-refractivity contribution in [3.63, 3.8) is 0 Å². The lowest BCUT2D eigenvalue weighted by atomic mass is 9.76. The molecule has 0 bridgehead atoms. The van der Waals surface area contributed by atoms with Crippen molar-refractivity contribution in [1.82, 2.24) is 0 Å². The predicted octanol–water partition coefficient (Wildman–Crippen LogP) is 4.26. The van der Waals surface area contributed by atoms with E-state index in [1.54, 1.807) is 0 Å². The third kappa shape index (κ3) is 2.58. The fraction of sp³-hybridized carbons (Fsp3) is 0.647. The Labute approximate surface area is 122 Å². The van der Waals surface area contributed by atoms with Gasteiger partial charge in [0, 0.05) is 6.54 Å². The van der Waals surface area contributed by atoms with Crippen LogP contribution >= 0.6 is 0 Å². The minimum absolute atomic E-state index is 0.203. The Hall–Kier alpha value is -1.38. The molecule has 1 aromatic rings. The van der Waals surface area contributed by atoms with Crippen molar-refractivity contribution in [3.8, 4) is 5.75 Å². The van der Waals surface area contributed by atoms with Crippen molar-refractivity contribution in [2.45, 2.75) is 58.1 Å². The average Bonchev–Trinajstić information content (AvgIpc) is 2.42. The smallest absolute Gasteiger partial charge is 0.144 e. The average molecular weight is 274 g/mol. The molecule has 1 aliphatic carbocycles. The van der Waals surface area contributed by atoms with Gasteiger partial charge in [-0.1, -0.05) is 13.0 Å². The van der Waals surface area contributed by atoms with E-state index in [4.69, 9.17) is 4.74 Å². The molecule has 0 amide bonds. The number of para-hydroxylation sites is 1. The molecule has 20 heavy (non-hydrogen) atoms. The summed E-state index contributed by atoms with van der Waals surface area (Å²) in [6, 6.07) is 6.29. The van der Waals surface area contributed by atoms with Gasteiger partial charge in [0.15, 0.2) is 0 Å². The maximum atomic E-state index is 5.90. The molecule has 3 nitrogen and oxygen atoms in total. The second kappa shape index (κ2) is 5.19. The van der Waals surface area contributed by atoms with Crippen LogP contribution in [-0.4, -0.2) is 18.2 Å². The quantitative estimate of drug-likeness (QED) is 0.845. The second-order valence-corrected chi connectivity index (χ2v) is 6.79. The minimum atomic E-state index is 0.203. The maximum absolute atomic E-state index is 5.90. The number of anilines is 2. The third-order valence-electron chi connectivity index (χ3n) is 4.62. The molecule has 2 aliphatic rings. The van der Waals surface area contributed by atoms with E-state index in [-0.39, 0.29) is 11.6 Å². The van der Waals surface area contributed by atoms with Crippen LogP contribution in [0.15, 0.2) is 18.2 Å². The van der Waals surface area contributed by atoms with Crippen LogP contribution in [0.3, 0.4) is 0 Å². The highest BCUT2D eigenvalue weighted by Gasteiger charge is 2.37. The van der Waals surface area contributed by atoms with Crippen molar-refractivity contribution < 1.29 is 4.74 Å². The first kappa shape index (κ1) is 13.6. The topological polar surface area (TPSA) is 33.3 Å². The largest absolute Gasteiger partial charge is 0.489 e. The lowest BCUT2D eigenvalue weighted by molar-refractivity contribution is 0.242. The fourth-order valence-corrected chi connectivity index (χ4v) is 3.37. The molecule has 1 aliphatic heterocycles. The van der Waals surface area contributed by atoms with E-state index in [9.17, 15) is 0 Å². The van der Waals surface area contributed by atoms with Gasteiger partial charge in [0.25, 0.3) is 0 Å². The molecule has 1 aromatic carbocycles. The Morgan fingerprint density at radius 2 is 2.00 bits per heavy atom. The molecule has 1 spiro atoms. The summed E-state index contributed by atoms with van der Waals surface area (Å²) in [5, 5.41) is 7.43. The molecular formula is C17H26N2O. The van der Waals surface area contributed by atoms with Crippen LogP contribution < -0.4 is 15.4 Å². The van der Waals surface area contributed by atoms with E-state index in [2.05, 4.69) is 49.6 Å². The van der Waals surface area contributed by atoms with Crippen LogP contribution in [0.4, 0.5) is 11.4 Å². The lowest BCUT2D eigenvalue weighted by Crippen LogP contribution is -2.50. The van der Waals surface area contributed by atoms with Crippen LogP contribution in [0.5, 0.6) is 5.75 Å². The van der Waals surface area contributed by atoms with E-state index in [1.165, 1.54) is 31.4 Å². The molecule has 0 radical (unpaired) electrons. The van der Waals surface area contributed by atoms with Gasteiger partial charge >= 0.3 is 0 Å². The van der Waals surface area contributed by atoms with Gasteiger partial charge in [-0.05, 0) is 57.6 Å². The maximum Gasteiger partial charge on any atom is 0.144 e. The van der Waals surface area contributed by atoms with E-state index in [0.29, 0.717) is 0 Å². The van der Waals surface area contributed by atoms with Gasteiger partial charge in [-0.2, -0.15) is 0 Å². The van der Waals surface area contributed by atoms with E-state index in [1.807, 2.05) is 0 Å². The molecule has 0 atom stereocenters. The Morgan fingerprint density at radius 3 is 2.70 bits per heavy atom. The van der Waals surface area contributed by atoms with Gasteiger partial charge in [-0.3, -0.25) is 0 Å². The summed E-state index contributed by atoms with van der Waals surface area (Å²) < 4.78 is 5.90. The minimum Gasteiger partial charge on any atom is -0.489 e. The first-order valence-electron chi connectivity index (χ1n) is 7.90. The summed E-state index contributed by atoms with van der Waals surface area (Å²) in [6.07, 6.45) is 5.37.